The van der Waals surface area contributed by atoms with Gasteiger partial charge >= 0.3 is 0 Å². The van der Waals surface area contributed by atoms with Gasteiger partial charge in [0.15, 0.2) is 0 Å². The molecule has 0 spiro atoms. The van der Waals surface area contributed by atoms with Gasteiger partial charge in [-0.15, -0.1) is 0 Å². The third-order valence-electron chi connectivity index (χ3n) is 4.75. The van der Waals surface area contributed by atoms with Crippen molar-refractivity contribution in [1.82, 2.24) is 0 Å². The lowest BCUT2D eigenvalue weighted by atomic mass is 9.81. The molecule has 0 radical (unpaired) electrons. The molecule has 2 aliphatic carbocycles. The second-order valence-corrected chi connectivity index (χ2v) is 6.35. The monoisotopic (exact) mass is 270 g/mol. The van der Waals surface area contributed by atoms with Crippen molar-refractivity contribution in [3.63, 3.8) is 0 Å². The van der Waals surface area contributed by atoms with Crippen molar-refractivity contribution in [3.05, 3.63) is 0 Å². The van der Waals surface area contributed by atoms with Crippen LogP contribution in [0.2, 0.25) is 0 Å². The summed E-state index contributed by atoms with van der Waals surface area (Å²) in [4.78, 5) is 0. The third-order valence-corrected chi connectivity index (χ3v) is 4.75. The fourth-order valence-corrected chi connectivity index (χ4v) is 3.35. The summed E-state index contributed by atoms with van der Waals surface area (Å²) in [6.07, 6.45) is 11.7. The van der Waals surface area contributed by atoms with Gasteiger partial charge in [-0.05, 0) is 62.9 Å². The van der Waals surface area contributed by atoms with E-state index >= 15 is 0 Å². The Morgan fingerprint density at radius 2 is 1.26 bits per heavy atom. The highest BCUT2D eigenvalue weighted by Gasteiger charge is 2.19. The molecule has 2 rings (SSSR count). The van der Waals surface area contributed by atoms with E-state index in [9.17, 15) is 0 Å². The van der Waals surface area contributed by atoms with E-state index in [4.69, 9.17) is 22.9 Å². The lowest BCUT2D eigenvalue weighted by Crippen LogP contribution is -2.39. The lowest BCUT2D eigenvalue weighted by Gasteiger charge is -2.26. The first kappa shape index (κ1) is 16.9. The van der Waals surface area contributed by atoms with Crippen LogP contribution in [0.4, 0.5) is 0 Å². The van der Waals surface area contributed by atoms with Crippen molar-refractivity contribution in [2.75, 3.05) is 13.1 Å². The van der Waals surface area contributed by atoms with Gasteiger partial charge in [-0.1, -0.05) is 25.7 Å². The molecule has 0 saturated heterocycles. The van der Waals surface area contributed by atoms with Gasteiger partial charge < -0.3 is 22.9 Å². The molecule has 19 heavy (non-hydrogen) atoms. The third kappa shape index (κ3) is 6.70. The molecule has 0 amide bonds. The molecule has 0 heterocycles. The first-order chi connectivity index (χ1) is 9.17. The largest absolute Gasteiger partial charge is 0.330 e. The zero-order valence-corrected chi connectivity index (χ0v) is 12.4. The molecule has 0 bridgehead atoms. The Bertz CT molecular complexity index is 204. The van der Waals surface area contributed by atoms with Crippen LogP contribution in [0.15, 0.2) is 0 Å². The van der Waals surface area contributed by atoms with Crippen LogP contribution in [0, 0.1) is 17.8 Å². The molecular formula is C15H34N4. The maximum atomic E-state index is 5.58. The van der Waals surface area contributed by atoms with Gasteiger partial charge in [0.05, 0.1) is 6.17 Å². The van der Waals surface area contributed by atoms with Crippen molar-refractivity contribution in [3.8, 4) is 0 Å². The van der Waals surface area contributed by atoms with Crippen LogP contribution >= 0.6 is 0 Å². The van der Waals surface area contributed by atoms with Crippen molar-refractivity contribution in [2.24, 2.45) is 40.7 Å². The van der Waals surface area contributed by atoms with E-state index in [-0.39, 0.29) is 6.17 Å². The van der Waals surface area contributed by atoms with E-state index in [1.807, 2.05) is 0 Å². The fraction of sp³-hybridized carbons (Fsp3) is 1.00. The molecule has 0 aliphatic heterocycles. The fourth-order valence-electron chi connectivity index (χ4n) is 3.35. The Labute approximate surface area is 118 Å². The van der Waals surface area contributed by atoms with Crippen LogP contribution in [0.3, 0.4) is 0 Å². The highest BCUT2D eigenvalue weighted by Crippen LogP contribution is 2.27. The van der Waals surface area contributed by atoms with Crippen LogP contribution in [0.25, 0.3) is 0 Å². The summed E-state index contributed by atoms with van der Waals surface area (Å²) in [5, 5.41) is 0. The molecule has 2 fully saturated rings. The average Bonchev–Trinajstić information content (AvgIpc) is 2.48. The second-order valence-electron chi connectivity index (χ2n) is 6.35. The van der Waals surface area contributed by atoms with Crippen LogP contribution in [0.5, 0.6) is 0 Å². The minimum Gasteiger partial charge on any atom is -0.330 e. The van der Waals surface area contributed by atoms with E-state index in [0.717, 1.165) is 24.9 Å². The summed E-state index contributed by atoms with van der Waals surface area (Å²) < 4.78 is 0. The summed E-state index contributed by atoms with van der Waals surface area (Å²) in [6, 6.07) is 0. The van der Waals surface area contributed by atoms with Gasteiger partial charge in [-0.2, -0.15) is 0 Å². The first-order valence-electron chi connectivity index (χ1n) is 8.08. The van der Waals surface area contributed by atoms with Gasteiger partial charge in [0.25, 0.3) is 0 Å². The lowest BCUT2D eigenvalue weighted by molar-refractivity contribution is 0.277. The van der Waals surface area contributed by atoms with E-state index < -0.39 is 0 Å². The number of hydrogen-bond donors (Lipinski definition) is 4. The van der Waals surface area contributed by atoms with Crippen molar-refractivity contribution < 1.29 is 0 Å². The number of rotatable bonds is 3. The topological polar surface area (TPSA) is 104 Å². The van der Waals surface area contributed by atoms with Crippen molar-refractivity contribution in [1.29, 1.82) is 0 Å². The second kappa shape index (κ2) is 9.70. The molecule has 2 unspecified atom stereocenters. The van der Waals surface area contributed by atoms with Crippen LogP contribution in [-0.2, 0) is 0 Å². The zero-order chi connectivity index (χ0) is 14.1. The predicted molar refractivity (Wildman–Crippen MR) is 82.3 cm³/mol. The van der Waals surface area contributed by atoms with Crippen LogP contribution < -0.4 is 22.9 Å². The first-order valence-corrected chi connectivity index (χ1v) is 8.08. The van der Waals surface area contributed by atoms with Crippen molar-refractivity contribution >= 4 is 0 Å². The van der Waals surface area contributed by atoms with Gasteiger partial charge in [-0.25, -0.2) is 0 Å². The molecular weight excluding hydrogens is 236 g/mol. The molecule has 114 valence electrons. The maximum absolute atomic E-state index is 5.58. The number of hydrogen-bond acceptors (Lipinski definition) is 4. The van der Waals surface area contributed by atoms with Gasteiger partial charge in [-0.3, -0.25) is 0 Å². The summed E-state index contributed by atoms with van der Waals surface area (Å²) in [6.45, 7) is 1.72. The summed E-state index contributed by atoms with van der Waals surface area (Å²) in [5.41, 5.74) is 22.2. The van der Waals surface area contributed by atoms with E-state index in [1.165, 1.54) is 57.8 Å². The SMILES string of the molecule is NC(N)C1CCCCC1.NCC1CCCC(CN)C1. The summed E-state index contributed by atoms with van der Waals surface area (Å²) >= 11 is 0. The summed E-state index contributed by atoms with van der Waals surface area (Å²) in [7, 11) is 0. The minimum atomic E-state index is -0.0645. The average molecular weight is 270 g/mol. The predicted octanol–water partition coefficient (Wildman–Crippen LogP) is 1.52. The molecule has 2 aliphatic rings. The van der Waals surface area contributed by atoms with Gasteiger partial charge in [0.1, 0.15) is 0 Å². The Morgan fingerprint density at radius 1 is 0.737 bits per heavy atom. The number of nitrogens with two attached hydrogens (primary N) is 4. The quantitative estimate of drug-likeness (QED) is 0.584. The Balaban J connectivity index is 0.000000191. The Morgan fingerprint density at radius 3 is 1.63 bits per heavy atom. The molecule has 0 aromatic heterocycles. The normalized spacial score (nSPS) is 28.9. The van der Waals surface area contributed by atoms with E-state index in [1.54, 1.807) is 0 Å². The van der Waals surface area contributed by atoms with E-state index in [2.05, 4.69) is 0 Å². The van der Waals surface area contributed by atoms with Crippen LogP contribution in [-0.4, -0.2) is 19.3 Å². The smallest absolute Gasteiger partial charge is 0.0549 e. The molecule has 0 aromatic rings. The zero-order valence-electron chi connectivity index (χ0n) is 12.4. The minimum absolute atomic E-state index is 0.0645. The summed E-state index contributed by atoms with van der Waals surface area (Å²) in [5.74, 6) is 2.14. The molecule has 2 saturated carbocycles. The van der Waals surface area contributed by atoms with Gasteiger partial charge in [0.2, 0.25) is 0 Å². The molecule has 0 aromatic carbocycles. The molecule has 8 N–H and O–H groups in total. The highest BCUT2D eigenvalue weighted by atomic mass is 14.9. The Kier molecular flexibility index (Phi) is 8.62. The van der Waals surface area contributed by atoms with Crippen LogP contribution in [0.1, 0.15) is 57.8 Å². The van der Waals surface area contributed by atoms with E-state index in [0.29, 0.717) is 5.92 Å². The highest BCUT2D eigenvalue weighted by molar-refractivity contribution is 4.73. The van der Waals surface area contributed by atoms with Crippen molar-refractivity contribution in [2.45, 2.75) is 64.0 Å². The standard InChI is InChI=1S/C8H18N2.C7H16N2/c9-5-7-2-1-3-8(4-7)6-10;8-7(9)6-4-2-1-3-5-6/h7-8H,1-6,9-10H2;6-7H,1-5,8-9H2. The van der Waals surface area contributed by atoms with Gasteiger partial charge in [0, 0.05) is 0 Å². The molecule has 2 atom stereocenters. The Hall–Kier alpha value is -0.160. The maximum Gasteiger partial charge on any atom is 0.0549 e. The molecule has 4 heteroatoms. The molecule has 4 nitrogen and oxygen atoms in total.